The van der Waals surface area contributed by atoms with Crippen LogP contribution in [0.15, 0.2) is 12.1 Å². The summed E-state index contributed by atoms with van der Waals surface area (Å²) in [5, 5.41) is 9.46. The Labute approximate surface area is 83.5 Å². The van der Waals surface area contributed by atoms with E-state index in [2.05, 4.69) is 15.9 Å². The van der Waals surface area contributed by atoms with Crippen LogP contribution in [-0.2, 0) is 0 Å². The lowest BCUT2D eigenvalue weighted by Crippen LogP contribution is -2.03. The van der Waals surface area contributed by atoms with Crippen LogP contribution in [0.1, 0.15) is 17.2 Å². The van der Waals surface area contributed by atoms with Crippen molar-refractivity contribution in [3.8, 4) is 0 Å². The van der Waals surface area contributed by atoms with Gasteiger partial charge in [-0.25, -0.2) is 8.78 Å². The fourth-order valence-electron chi connectivity index (χ4n) is 1.00. The molecule has 0 aliphatic heterocycles. The number of aliphatic hydroxyl groups is 1. The van der Waals surface area contributed by atoms with E-state index in [0.717, 1.165) is 12.1 Å². The topological polar surface area (TPSA) is 20.2 Å². The number of benzene rings is 1. The fraction of sp³-hybridized carbons (Fsp3) is 0.333. The molecule has 1 nitrogen and oxygen atoms in total. The number of hydrogen-bond donors (Lipinski definition) is 1. The Bertz CT molecular complexity index is 315. The maximum absolute atomic E-state index is 13.1. The molecule has 4 heteroatoms. The lowest BCUT2D eigenvalue weighted by molar-refractivity contribution is 0.199. The van der Waals surface area contributed by atoms with Crippen LogP contribution in [-0.4, -0.2) is 10.4 Å². The third-order valence-electron chi connectivity index (χ3n) is 1.78. The number of alkyl halides is 1. The summed E-state index contributed by atoms with van der Waals surface area (Å²) in [7, 11) is 0. The largest absolute Gasteiger partial charge is 0.387 e. The summed E-state index contributed by atoms with van der Waals surface area (Å²) in [5.74, 6) is -1.08. The van der Waals surface area contributed by atoms with E-state index >= 15 is 0 Å². The molecule has 0 bridgehead atoms. The molecule has 0 fully saturated rings. The average Bonchev–Trinajstić information content (AvgIpc) is 2.10. The van der Waals surface area contributed by atoms with Crippen molar-refractivity contribution < 1.29 is 13.9 Å². The van der Waals surface area contributed by atoms with Crippen molar-refractivity contribution in [3.05, 3.63) is 34.9 Å². The smallest absolute Gasteiger partial charge is 0.129 e. The minimum absolute atomic E-state index is 0.0139. The molecule has 1 N–H and O–H groups in total. The van der Waals surface area contributed by atoms with Gasteiger partial charge in [-0.1, -0.05) is 15.9 Å². The van der Waals surface area contributed by atoms with Crippen molar-refractivity contribution in [2.24, 2.45) is 0 Å². The predicted molar refractivity (Wildman–Crippen MR) is 49.8 cm³/mol. The fourth-order valence-corrected chi connectivity index (χ4v) is 1.35. The maximum atomic E-state index is 13.1. The summed E-state index contributed by atoms with van der Waals surface area (Å²) >= 11 is 2.99. The maximum Gasteiger partial charge on any atom is 0.129 e. The molecular weight excluding hydrogens is 242 g/mol. The molecule has 0 saturated carbocycles. The molecule has 0 amide bonds. The molecule has 0 radical (unpaired) electrons. The van der Waals surface area contributed by atoms with E-state index in [9.17, 15) is 13.9 Å². The highest BCUT2D eigenvalue weighted by molar-refractivity contribution is 9.09. The summed E-state index contributed by atoms with van der Waals surface area (Å²) in [5.41, 5.74) is 0.225. The summed E-state index contributed by atoms with van der Waals surface area (Å²) in [4.78, 5) is 0. The lowest BCUT2D eigenvalue weighted by atomic mass is 10.1. The second-order valence-electron chi connectivity index (χ2n) is 2.79. The van der Waals surface area contributed by atoms with Crippen LogP contribution in [0.2, 0.25) is 0 Å². The molecule has 1 aromatic carbocycles. The normalized spacial score (nSPS) is 13.0. The van der Waals surface area contributed by atoms with E-state index in [1.807, 2.05) is 0 Å². The quantitative estimate of drug-likeness (QED) is 0.801. The number of rotatable bonds is 2. The molecule has 0 unspecified atom stereocenters. The van der Waals surface area contributed by atoms with Gasteiger partial charge in [0, 0.05) is 10.9 Å². The molecular formula is C9H9BrF2O. The first-order chi connectivity index (χ1) is 6.06. The first-order valence-corrected chi connectivity index (χ1v) is 4.88. The minimum atomic E-state index is -1.00. The van der Waals surface area contributed by atoms with Gasteiger partial charge in [-0.15, -0.1) is 0 Å². The molecule has 13 heavy (non-hydrogen) atoms. The zero-order valence-corrected chi connectivity index (χ0v) is 8.61. The highest BCUT2D eigenvalue weighted by atomic mass is 79.9. The van der Waals surface area contributed by atoms with Crippen LogP contribution in [0.4, 0.5) is 8.78 Å². The summed E-state index contributed by atoms with van der Waals surface area (Å²) in [6, 6.07) is 2.10. The van der Waals surface area contributed by atoms with E-state index in [4.69, 9.17) is 0 Å². The zero-order valence-electron chi connectivity index (χ0n) is 7.02. The molecule has 1 rings (SSSR count). The number of halogens is 3. The van der Waals surface area contributed by atoms with Gasteiger partial charge in [-0.05, 0) is 24.6 Å². The van der Waals surface area contributed by atoms with Crippen molar-refractivity contribution >= 4 is 15.9 Å². The highest BCUT2D eigenvalue weighted by Crippen LogP contribution is 2.21. The van der Waals surface area contributed by atoms with Crippen LogP contribution in [0.5, 0.6) is 0 Å². The Kier molecular flexibility index (Phi) is 3.39. The minimum Gasteiger partial charge on any atom is -0.387 e. The van der Waals surface area contributed by atoms with Gasteiger partial charge in [0.05, 0.1) is 6.10 Å². The van der Waals surface area contributed by atoms with E-state index in [1.165, 1.54) is 6.92 Å². The molecule has 0 heterocycles. The van der Waals surface area contributed by atoms with E-state index in [0.29, 0.717) is 0 Å². The van der Waals surface area contributed by atoms with Crippen molar-refractivity contribution in [2.75, 3.05) is 5.33 Å². The zero-order chi connectivity index (χ0) is 10.0. The Morgan fingerprint density at radius 1 is 1.38 bits per heavy atom. The molecule has 1 atom stereocenters. The van der Waals surface area contributed by atoms with E-state index < -0.39 is 17.7 Å². The standard InChI is InChI=1S/C9H9BrF2O/c1-5-2-8(12)6(3-7(5)11)9(13)4-10/h2-3,9,13H,4H2,1H3/t9-/m1/s1. The Morgan fingerprint density at radius 3 is 2.54 bits per heavy atom. The third-order valence-corrected chi connectivity index (χ3v) is 2.40. The third kappa shape index (κ3) is 2.25. The van der Waals surface area contributed by atoms with Gasteiger partial charge in [-0.3, -0.25) is 0 Å². The predicted octanol–water partition coefficient (Wildman–Crippen LogP) is 2.70. The van der Waals surface area contributed by atoms with Crippen molar-refractivity contribution in [3.63, 3.8) is 0 Å². The molecule has 72 valence electrons. The van der Waals surface area contributed by atoms with Gasteiger partial charge in [-0.2, -0.15) is 0 Å². The molecule has 0 spiro atoms. The van der Waals surface area contributed by atoms with Crippen LogP contribution in [0.3, 0.4) is 0 Å². The average molecular weight is 251 g/mol. The van der Waals surface area contributed by atoms with Crippen molar-refractivity contribution in [1.29, 1.82) is 0 Å². The Morgan fingerprint density at radius 2 is 2.00 bits per heavy atom. The van der Waals surface area contributed by atoms with Crippen LogP contribution >= 0.6 is 15.9 Å². The van der Waals surface area contributed by atoms with Gasteiger partial charge in [0.1, 0.15) is 11.6 Å². The van der Waals surface area contributed by atoms with Crippen LogP contribution in [0, 0.1) is 18.6 Å². The number of aliphatic hydroxyl groups excluding tert-OH is 1. The van der Waals surface area contributed by atoms with Gasteiger partial charge >= 0.3 is 0 Å². The van der Waals surface area contributed by atoms with Gasteiger partial charge < -0.3 is 5.11 Å². The van der Waals surface area contributed by atoms with Crippen LogP contribution in [0.25, 0.3) is 0 Å². The van der Waals surface area contributed by atoms with Crippen molar-refractivity contribution in [2.45, 2.75) is 13.0 Å². The van der Waals surface area contributed by atoms with E-state index in [-0.39, 0.29) is 16.5 Å². The molecule has 0 saturated heterocycles. The lowest BCUT2D eigenvalue weighted by Gasteiger charge is -2.09. The first-order valence-electron chi connectivity index (χ1n) is 3.76. The number of hydrogen-bond acceptors (Lipinski definition) is 1. The van der Waals surface area contributed by atoms with Gasteiger partial charge in [0.25, 0.3) is 0 Å². The molecule has 0 aliphatic rings. The summed E-state index contributed by atoms with van der Waals surface area (Å²) in [6.45, 7) is 1.47. The first kappa shape index (κ1) is 10.6. The molecule has 0 aliphatic carbocycles. The second-order valence-corrected chi connectivity index (χ2v) is 3.44. The Hall–Kier alpha value is -0.480. The summed E-state index contributed by atoms with van der Waals surface area (Å²) in [6.07, 6.45) is -1.00. The van der Waals surface area contributed by atoms with Gasteiger partial charge in [0.2, 0.25) is 0 Å². The second kappa shape index (κ2) is 4.15. The number of aryl methyl sites for hydroxylation is 1. The van der Waals surface area contributed by atoms with E-state index in [1.54, 1.807) is 0 Å². The monoisotopic (exact) mass is 250 g/mol. The Balaban J connectivity index is 3.15. The van der Waals surface area contributed by atoms with Gasteiger partial charge in [0.15, 0.2) is 0 Å². The summed E-state index contributed by atoms with van der Waals surface area (Å²) < 4.78 is 26.1. The van der Waals surface area contributed by atoms with Crippen LogP contribution < -0.4 is 0 Å². The highest BCUT2D eigenvalue weighted by Gasteiger charge is 2.13. The SMILES string of the molecule is Cc1cc(F)c([C@H](O)CBr)cc1F. The van der Waals surface area contributed by atoms with Crippen molar-refractivity contribution in [1.82, 2.24) is 0 Å². The molecule has 1 aromatic rings. The molecule has 0 aromatic heterocycles.